The highest BCUT2D eigenvalue weighted by Crippen LogP contribution is 2.34. The molecule has 4 heteroatoms. The normalized spacial score (nSPS) is 22.6. The molecule has 0 spiro atoms. The van der Waals surface area contributed by atoms with Gasteiger partial charge in [-0.2, -0.15) is 0 Å². The standard InChI is InChI=1S/C16H25BrN2O/c1-11(18)13-7-6-12(8-14(13)17)19-9-15(2,3)20-16(4,5)10-19/h6-8,11H,9-10,18H2,1-5H3/t11-/m1/s1. The second-order valence-corrected chi connectivity index (χ2v) is 7.83. The minimum Gasteiger partial charge on any atom is -0.366 e. The molecule has 2 N–H and O–H groups in total. The van der Waals surface area contributed by atoms with Crippen LogP contribution in [0, 0.1) is 0 Å². The summed E-state index contributed by atoms with van der Waals surface area (Å²) in [7, 11) is 0. The summed E-state index contributed by atoms with van der Waals surface area (Å²) >= 11 is 3.63. The van der Waals surface area contributed by atoms with E-state index in [-0.39, 0.29) is 17.2 Å². The van der Waals surface area contributed by atoms with Gasteiger partial charge in [0.25, 0.3) is 0 Å². The molecule has 1 aliphatic heterocycles. The van der Waals surface area contributed by atoms with E-state index in [1.165, 1.54) is 5.69 Å². The minimum absolute atomic E-state index is 0.0380. The van der Waals surface area contributed by atoms with Crippen LogP contribution in [0.1, 0.15) is 46.2 Å². The first-order chi connectivity index (χ1) is 9.10. The quantitative estimate of drug-likeness (QED) is 0.888. The summed E-state index contributed by atoms with van der Waals surface area (Å²) in [5.74, 6) is 0. The molecule has 0 bridgehead atoms. The molecule has 20 heavy (non-hydrogen) atoms. The van der Waals surface area contributed by atoms with Gasteiger partial charge < -0.3 is 15.4 Å². The summed E-state index contributed by atoms with van der Waals surface area (Å²) in [4.78, 5) is 2.39. The predicted octanol–water partition coefficient (Wildman–Crippen LogP) is 3.86. The fourth-order valence-electron chi connectivity index (χ4n) is 3.05. The number of nitrogens with zero attached hydrogens (tertiary/aromatic N) is 1. The Morgan fingerprint density at radius 1 is 1.20 bits per heavy atom. The third-order valence-corrected chi connectivity index (χ3v) is 4.22. The maximum Gasteiger partial charge on any atom is 0.0808 e. The van der Waals surface area contributed by atoms with Gasteiger partial charge in [0.15, 0.2) is 0 Å². The molecular weight excluding hydrogens is 316 g/mol. The molecule has 112 valence electrons. The second kappa shape index (κ2) is 5.32. The lowest BCUT2D eigenvalue weighted by molar-refractivity contribution is -0.133. The Kier molecular flexibility index (Phi) is 4.20. The molecule has 1 saturated heterocycles. The Labute approximate surface area is 130 Å². The zero-order valence-corrected chi connectivity index (χ0v) is 14.6. The van der Waals surface area contributed by atoms with Crippen LogP contribution in [0.5, 0.6) is 0 Å². The number of nitrogens with two attached hydrogens (primary N) is 1. The summed E-state index contributed by atoms with van der Waals surface area (Å²) in [6, 6.07) is 6.47. The average Bonchev–Trinajstić information content (AvgIpc) is 2.23. The van der Waals surface area contributed by atoms with E-state index in [1.807, 2.05) is 6.92 Å². The van der Waals surface area contributed by atoms with E-state index in [9.17, 15) is 0 Å². The van der Waals surface area contributed by atoms with Crippen LogP contribution in [-0.2, 0) is 4.74 Å². The van der Waals surface area contributed by atoms with Gasteiger partial charge in [-0.05, 0) is 52.3 Å². The molecule has 1 fully saturated rings. The molecule has 0 aromatic heterocycles. The van der Waals surface area contributed by atoms with Crippen molar-refractivity contribution in [3.05, 3.63) is 28.2 Å². The van der Waals surface area contributed by atoms with E-state index in [4.69, 9.17) is 10.5 Å². The number of benzene rings is 1. The van der Waals surface area contributed by atoms with Gasteiger partial charge in [-0.1, -0.05) is 22.0 Å². The molecule has 1 aromatic carbocycles. The Morgan fingerprint density at radius 3 is 2.20 bits per heavy atom. The molecule has 1 aromatic rings. The Bertz CT molecular complexity index is 481. The molecule has 0 unspecified atom stereocenters. The first kappa shape index (κ1) is 15.8. The van der Waals surface area contributed by atoms with Crippen molar-refractivity contribution in [3.8, 4) is 0 Å². The summed E-state index contributed by atoms with van der Waals surface area (Å²) in [5.41, 5.74) is 8.03. The van der Waals surface area contributed by atoms with E-state index in [1.54, 1.807) is 0 Å². The van der Waals surface area contributed by atoms with Gasteiger partial charge in [0.2, 0.25) is 0 Å². The number of halogens is 1. The Hall–Kier alpha value is -0.580. The highest BCUT2D eigenvalue weighted by Gasteiger charge is 2.38. The van der Waals surface area contributed by atoms with Crippen molar-refractivity contribution in [1.29, 1.82) is 0 Å². The van der Waals surface area contributed by atoms with Crippen molar-refractivity contribution >= 4 is 21.6 Å². The van der Waals surface area contributed by atoms with Crippen molar-refractivity contribution in [3.63, 3.8) is 0 Å². The third-order valence-electron chi connectivity index (χ3n) is 3.54. The number of hydrogen-bond acceptors (Lipinski definition) is 3. The molecule has 3 nitrogen and oxygen atoms in total. The molecule has 0 saturated carbocycles. The van der Waals surface area contributed by atoms with Gasteiger partial charge in [0.05, 0.1) is 11.2 Å². The molecule has 1 atom stereocenters. The van der Waals surface area contributed by atoms with E-state index < -0.39 is 0 Å². The second-order valence-electron chi connectivity index (χ2n) is 6.97. The third kappa shape index (κ3) is 3.54. The van der Waals surface area contributed by atoms with Crippen molar-refractivity contribution in [2.45, 2.75) is 51.9 Å². The molecule has 0 radical (unpaired) electrons. The zero-order chi connectivity index (χ0) is 15.1. The lowest BCUT2D eigenvalue weighted by Crippen LogP contribution is -2.57. The smallest absolute Gasteiger partial charge is 0.0808 e. The number of ether oxygens (including phenoxy) is 1. The van der Waals surface area contributed by atoms with Crippen LogP contribution in [-0.4, -0.2) is 24.3 Å². The van der Waals surface area contributed by atoms with Crippen LogP contribution in [0.3, 0.4) is 0 Å². The van der Waals surface area contributed by atoms with Crippen LogP contribution < -0.4 is 10.6 Å². The van der Waals surface area contributed by atoms with Crippen LogP contribution in [0.15, 0.2) is 22.7 Å². The SMILES string of the molecule is C[C@@H](N)c1ccc(N2CC(C)(C)OC(C)(C)C2)cc1Br. The van der Waals surface area contributed by atoms with Gasteiger partial charge in [-0.3, -0.25) is 0 Å². The molecule has 1 aliphatic rings. The molecule has 1 heterocycles. The Balaban J connectivity index is 2.29. The fourth-order valence-corrected chi connectivity index (χ4v) is 3.78. The highest BCUT2D eigenvalue weighted by molar-refractivity contribution is 9.10. The summed E-state index contributed by atoms with van der Waals surface area (Å²) in [5, 5.41) is 0. The van der Waals surface area contributed by atoms with Crippen molar-refractivity contribution in [2.75, 3.05) is 18.0 Å². The molecule has 0 amide bonds. The van der Waals surface area contributed by atoms with Crippen LogP contribution >= 0.6 is 15.9 Å². The lowest BCUT2D eigenvalue weighted by atomic mass is 9.98. The van der Waals surface area contributed by atoms with Crippen LogP contribution in [0.25, 0.3) is 0 Å². The minimum atomic E-state index is -0.145. The molecular formula is C16H25BrN2O. The summed E-state index contributed by atoms with van der Waals surface area (Å²) in [6.07, 6.45) is 0. The van der Waals surface area contributed by atoms with Crippen LogP contribution in [0.2, 0.25) is 0 Å². The van der Waals surface area contributed by atoms with Gasteiger partial charge in [0, 0.05) is 29.3 Å². The first-order valence-electron chi connectivity index (χ1n) is 7.10. The summed E-state index contributed by atoms with van der Waals surface area (Å²) < 4.78 is 7.21. The van der Waals surface area contributed by atoms with Crippen molar-refractivity contribution in [2.24, 2.45) is 5.73 Å². The van der Waals surface area contributed by atoms with Crippen molar-refractivity contribution < 1.29 is 4.74 Å². The van der Waals surface area contributed by atoms with Gasteiger partial charge in [0.1, 0.15) is 0 Å². The average molecular weight is 341 g/mol. The van der Waals surface area contributed by atoms with Crippen molar-refractivity contribution in [1.82, 2.24) is 0 Å². The van der Waals surface area contributed by atoms with Crippen LogP contribution in [0.4, 0.5) is 5.69 Å². The number of hydrogen-bond donors (Lipinski definition) is 1. The monoisotopic (exact) mass is 340 g/mol. The Morgan fingerprint density at radius 2 is 1.75 bits per heavy atom. The fraction of sp³-hybridized carbons (Fsp3) is 0.625. The number of morpholine rings is 1. The number of anilines is 1. The van der Waals surface area contributed by atoms with E-state index in [0.29, 0.717) is 0 Å². The zero-order valence-electron chi connectivity index (χ0n) is 13.0. The largest absolute Gasteiger partial charge is 0.366 e. The first-order valence-corrected chi connectivity index (χ1v) is 7.89. The summed E-state index contributed by atoms with van der Waals surface area (Å²) in [6.45, 7) is 12.4. The van der Waals surface area contributed by atoms with E-state index in [0.717, 1.165) is 23.1 Å². The maximum atomic E-state index is 6.13. The highest BCUT2D eigenvalue weighted by atomic mass is 79.9. The topological polar surface area (TPSA) is 38.5 Å². The molecule has 2 rings (SSSR count). The molecule has 0 aliphatic carbocycles. The van der Waals surface area contributed by atoms with E-state index >= 15 is 0 Å². The van der Waals surface area contributed by atoms with Gasteiger partial charge in [-0.15, -0.1) is 0 Å². The van der Waals surface area contributed by atoms with Gasteiger partial charge >= 0.3 is 0 Å². The number of rotatable bonds is 2. The van der Waals surface area contributed by atoms with Gasteiger partial charge in [-0.25, -0.2) is 0 Å². The van der Waals surface area contributed by atoms with E-state index in [2.05, 4.69) is 66.7 Å². The maximum absolute atomic E-state index is 6.13. The predicted molar refractivity (Wildman–Crippen MR) is 88.2 cm³/mol. The lowest BCUT2D eigenvalue weighted by Gasteiger charge is -2.48.